The molecule has 0 aliphatic rings. The molecule has 0 radical (unpaired) electrons. The third-order valence-electron chi connectivity index (χ3n) is 3.00. The third kappa shape index (κ3) is 2.86. The van der Waals surface area contributed by atoms with Crippen molar-refractivity contribution in [1.29, 1.82) is 0 Å². The Morgan fingerprint density at radius 3 is 2.78 bits per heavy atom. The van der Waals surface area contributed by atoms with Gasteiger partial charge in [-0.1, -0.05) is 15.9 Å². The quantitative estimate of drug-likeness (QED) is 0.747. The van der Waals surface area contributed by atoms with Gasteiger partial charge in [0, 0.05) is 15.8 Å². The minimum Gasteiger partial charge on any atom is -0.326 e. The van der Waals surface area contributed by atoms with Crippen LogP contribution in [0.1, 0.15) is 19.7 Å². The highest BCUT2D eigenvalue weighted by Gasteiger charge is 2.20. The summed E-state index contributed by atoms with van der Waals surface area (Å²) in [5, 5.41) is 0. The molecule has 1 heterocycles. The van der Waals surface area contributed by atoms with Gasteiger partial charge in [0.15, 0.2) is 0 Å². The molecule has 0 spiro atoms. The van der Waals surface area contributed by atoms with E-state index in [4.69, 9.17) is 11.6 Å². The van der Waals surface area contributed by atoms with Crippen LogP contribution in [-0.2, 0) is 12.4 Å². The van der Waals surface area contributed by atoms with E-state index in [-0.39, 0.29) is 4.75 Å². The fraction of sp³-hybridized carbons (Fsp3) is 0.462. The molecule has 1 aromatic heterocycles. The summed E-state index contributed by atoms with van der Waals surface area (Å²) in [5.74, 6) is 1.38. The molecule has 5 heteroatoms. The first-order valence-electron chi connectivity index (χ1n) is 5.72. The lowest BCUT2D eigenvalue weighted by Gasteiger charge is -2.23. The van der Waals surface area contributed by atoms with E-state index in [1.807, 2.05) is 23.9 Å². The maximum Gasteiger partial charge on any atom is 0.124 e. The number of rotatable bonds is 4. The summed E-state index contributed by atoms with van der Waals surface area (Å²) in [7, 11) is 0. The average Bonchev–Trinajstić information content (AvgIpc) is 2.66. The van der Waals surface area contributed by atoms with Crippen molar-refractivity contribution in [2.75, 3.05) is 6.26 Å². The number of aromatic nitrogens is 2. The normalized spacial score (nSPS) is 12.3. The van der Waals surface area contributed by atoms with Crippen molar-refractivity contribution in [1.82, 2.24) is 9.55 Å². The van der Waals surface area contributed by atoms with Crippen LogP contribution >= 0.6 is 39.3 Å². The van der Waals surface area contributed by atoms with Crippen molar-refractivity contribution in [3.8, 4) is 0 Å². The number of alkyl halides is 1. The van der Waals surface area contributed by atoms with Gasteiger partial charge in [-0.25, -0.2) is 4.98 Å². The molecule has 2 nitrogen and oxygen atoms in total. The zero-order valence-electron chi connectivity index (χ0n) is 10.7. The predicted molar refractivity (Wildman–Crippen MR) is 84.6 cm³/mol. The van der Waals surface area contributed by atoms with Crippen molar-refractivity contribution in [3.05, 3.63) is 28.5 Å². The minimum atomic E-state index is 0.168. The van der Waals surface area contributed by atoms with Crippen LogP contribution in [0.15, 0.2) is 22.7 Å². The molecular weight excluding hydrogens is 332 g/mol. The minimum absolute atomic E-state index is 0.168. The maximum absolute atomic E-state index is 6.01. The Morgan fingerprint density at radius 1 is 1.44 bits per heavy atom. The summed E-state index contributed by atoms with van der Waals surface area (Å²) in [5.41, 5.74) is 2.15. The largest absolute Gasteiger partial charge is 0.326 e. The Hall–Kier alpha value is -0.190. The van der Waals surface area contributed by atoms with Crippen molar-refractivity contribution < 1.29 is 0 Å². The Bertz CT molecular complexity index is 565. The average molecular weight is 348 g/mol. The maximum atomic E-state index is 6.01. The zero-order valence-corrected chi connectivity index (χ0v) is 13.9. The highest BCUT2D eigenvalue weighted by molar-refractivity contribution is 9.10. The van der Waals surface area contributed by atoms with Crippen LogP contribution in [0, 0.1) is 0 Å². The SMILES string of the molecule is CSC(C)(C)Cn1c(CCl)nc2cc(Br)ccc21. The molecule has 0 amide bonds. The monoisotopic (exact) mass is 346 g/mol. The molecule has 0 aliphatic carbocycles. The first kappa shape index (κ1) is 14.2. The van der Waals surface area contributed by atoms with Crippen molar-refractivity contribution >= 4 is 50.3 Å². The lowest BCUT2D eigenvalue weighted by atomic mass is 10.2. The lowest BCUT2D eigenvalue weighted by Crippen LogP contribution is -2.23. The Balaban J connectivity index is 2.53. The number of benzene rings is 1. The van der Waals surface area contributed by atoms with Crippen LogP contribution < -0.4 is 0 Å². The molecule has 0 unspecified atom stereocenters. The van der Waals surface area contributed by atoms with Gasteiger partial charge in [-0.2, -0.15) is 11.8 Å². The first-order chi connectivity index (χ1) is 8.46. The zero-order chi connectivity index (χ0) is 13.3. The summed E-state index contributed by atoms with van der Waals surface area (Å²) >= 11 is 11.3. The molecule has 0 saturated heterocycles. The number of fused-ring (bicyclic) bond motifs is 1. The van der Waals surface area contributed by atoms with Gasteiger partial charge in [-0.05, 0) is 38.3 Å². The summed E-state index contributed by atoms with van der Waals surface area (Å²) in [4.78, 5) is 4.60. The van der Waals surface area contributed by atoms with E-state index in [1.54, 1.807) is 0 Å². The highest BCUT2D eigenvalue weighted by Crippen LogP contribution is 2.28. The molecule has 1 aromatic carbocycles. The Kier molecular flexibility index (Phi) is 4.29. The molecule has 98 valence electrons. The molecule has 0 fully saturated rings. The predicted octanol–water partition coefficient (Wildman–Crippen LogP) is 4.68. The van der Waals surface area contributed by atoms with Crippen molar-refractivity contribution in [2.45, 2.75) is 31.0 Å². The lowest BCUT2D eigenvalue weighted by molar-refractivity contribution is 0.566. The van der Waals surface area contributed by atoms with E-state index in [2.05, 4.69) is 51.7 Å². The molecule has 0 atom stereocenters. The van der Waals surface area contributed by atoms with Crippen LogP contribution in [0.2, 0.25) is 0 Å². The van der Waals surface area contributed by atoms with Gasteiger partial charge < -0.3 is 4.57 Å². The topological polar surface area (TPSA) is 17.8 Å². The van der Waals surface area contributed by atoms with E-state index in [1.165, 1.54) is 0 Å². The van der Waals surface area contributed by atoms with Crippen LogP contribution in [0.3, 0.4) is 0 Å². The molecule has 0 N–H and O–H groups in total. The second-order valence-corrected chi connectivity index (χ2v) is 7.54. The highest BCUT2D eigenvalue weighted by atomic mass is 79.9. The summed E-state index contributed by atoms with van der Waals surface area (Å²) in [6.45, 7) is 5.38. The molecule has 0 bridgehead atoms. The molecule has 18 heavy (non-hydrogen) atoms. The van der Waals surface area contributed by atoms with Gasteiger partial charge in [0.1, 0.15) is 5.82 Å². The number of hydrogen-bond donors (Lipinski definition) is 0. The molecule has 0 saturated carbocycles. The fourth-order valence-electron chi connectivity index (χ4n) is 1.88. The number of hydrogen-bond acceptors (Lipinski definition) is 2. The van der Waals surface area contributed by atoms with Gasteiger partial charge in [0.2, 0.25) is 0 Å². The van der Waals surface area contributed by atoms with Crippen LogP contribution in [0.25, 0.3) is 11.0 Å². The number of imidazole rings is 1. The van der Waals surface area contributed by atoms with E-state index < -0.39 is 0 Å². The van der Waals surface area contributed by atoms with E-state index in [9.17, 15) is 0 Å². The molecule has 2 aromatic rings. The van der Waals surface area contributed by atoms with E-state index >= 15 is 0 Å². The Labute approximate surface area is 125 Å². The smallest absolute Gasteiger partial charge is 0.124 e. The van der Waals surface area contributed by atoms with Gasteiger partial charge in [0.05, 0.1) is 16.9 Å². The molecule has 0 aliphatic heterocycles. The second kappa shape index (κ2) is 5.43. The van der Waals surface area contributed by atoms with Crippen LogP contribution in [0.5, 0.6) is 0 Å². The van der Waals surface area contributed by atoms with Gasteiger partial charge in [-0.15, -0.1) is 11.6 Å². The second-order valence-electron chi connectivity index (χ2n) is 4.84. The van der Waals surface area contributed by atoms with E-state index in [0.29, 0.717) is 5.88 Å². The van der Waals surface area contributed by atoms with Crippen LogP contribution in [-0.4, -0.2) is 20.6 Å². The first-order valence-corrected chi connectivity index (χ1v) is 8.28. The number of halogens is 2. The summed E-state index contributed by atoms with van der Waals surface area (Å²) in [6.07, 6.45) is 2.13. The number of thioether (sulfide) groups is 1. The Morgan fingerprint density at radius 2 is 2.17 bits per heavy atom. The molecule has 2 rings (SSSR count). The van der Waals surface area contributed by atoms with E-state index in [0.717, 1.165) is 27.9 Å². The van der Waals surface area contributed by atoms with Crippen LogP contribution in [0.4, 0.5) is 0 Å². The summed E-state index contributed by atoms with van der Waals surface area (Å²) in [6, 6.07) is 6.18. The third-order valence-corrected chi connectivity index (χ3v) is 4.97. The summed E-state index contributed by atoms with van der Waals surface area (Å²) < 4.78 is 3.44. The van der Waals surface area contributed by atoms with Gasteiger partial charge in [0.25, 0.3) is 0 Å². The van der Waals surface area contributed by atoms with Gasteiger partial charge in [-0.3, -0.25) is 0 Å². The fourth-order valence-corrected chi connectivity index (χ4v) is 2.69. The van der Waals surface area contributed by atoms with Crippen molar-refractivity contribution in [2.24, 2.45) is 0 Å². The van der Waals surface area contributed by atoms with Crippen molar-refractivity contribution in [3.63, 3.8) is 0 Å². The number of nitrogens with zero attached hydrogens (tertiary/aromatic N) is 2. The standard InChI is InChI=1S/C13H16BrClN2S/c1-13(2,18-3)8-17-11-5-4-9(14)6-10(11)16-12(17)7-15/h4-6H,7-8H2,1-3H3. The van der Waals surface area contributed by atoms with Gasteiger partial charge >= 0.3 is 0 Å². The molecular formula is C13H16BrClN2S.